The smallest absolute Gasteiger partial charge is 0.189 e. The molecule has 5 nitrogen and oxygen atoms in total. The molecule has 0 saturated heterocycles. The van der Waals surface area contributed by atoms with Crippen LogP contribution in [0, 0.1) is 0 Å². The largest absolute Gasteiger partial charge is 0.468 e. The van der Waals surface area contributed by atoms with E-state index in [-0.39, 0.29) is 25.9 Å². The van der Waals surface area contributed by atoms with Gasteiger partial charge in [-0.1, -0.05) is 12.1 Å². The summed E-state index contributed by atoms with van der Waals surface area (Å²) in [7, 11) is 1.62. The molecular weight excluding hydrogens is 248 g/mol. The minimum atomic E-state index is -0.0306. The molecule has 1 atom stereocenters. The van der Waals surface area contributed by atoms with Crippen LogP contribution in [-0.4, -0.2) is 50.5 Å². The lowest BCUT2D eigenvalue weighted by Gasteiger charge is -2.14. The molecule has 1 rings (SSSR count). The van der Waals surface area contributed by atoms with Crippen molar-refractivity contribution in [2.75, 3.05) is 40.3 Å². The Balaban J connectivity index is 2.38. The monoisotopic (exact) mass is 270 g/mol. The summed E-state index contributed by atoms with van der Waals surface area (Å²) in [6, 6.07) is 7.44. The van der Waals surface area contributed by atoms with Gasteiger partial charge in [0.05, 0.1) is 19.8 Å². The Morgan fingerprint density at radius 1 is 1.11 bits per heavy atom. The molecule has 19 heavy (non-hydrogen) atoms. The third kappa shape index (κ3) is 6.02. The highest BCUT2D eigenvalue weighted by Crippen LogP contribution is 2.21. The standard InChI is InChI=1S/C14H22O5/c1-17-8-9-18-11-19-14-4-2-12(3-5-14)13(10-16)6-7-15/h2-5,13,15-16H,6-11H2,1H3. The fourth-order valence-corrected chi connectivity index (χ4v) is 1.67. The van der Waals surface area contributed by atoms with E-state index in [9.17, 15) is 5.11 Å². The number of methoxy groups -OCH3 is 1. The summed E-state index contributed by atoms with van der Waals surface area (Å²) in [6.45, 7) is 1.32. The van der Waals surface area contributed by atoms with Crippen LogP contribution < -0.4 is 4.74 Å². The molecule has 5 heteroatoms. The van der Waals surface area contributed by atoms with E-state index < -0.39 is 0 Å². The van der Waals surface area contributed by atoms with Crippen LogP contribution in [0.1, 0.15) is 17.9 Å². The van der Waals surface area contributed by atoms with E-state index in [1.54, 1.807) is 7.11 Å². The second kappa shape index (κ2) is 9.75. The predicted octanol–water partition coefficient (Wildman–Crippen LogP) is 1.14. The maximum atomic E-state index is 9.23. The van der Waals surface area contributed by atoms with E-state index >= 15 is 0 Å². The molecule has 0 aromatic heterocycles. The Labute approximate surface area is 113 Å². The average molecular weight is 270 g/mol. The van der Waals surface area contributed by atoms with Crippen molar-refractivity contribution in [3.8, 4) is 5.75 Å². The summed E-state index contributed by atoms with van der Waals surface area (Å²) < 4.78 is 15.4. The van der Waals surface area contributed by atoms with Gasteiger partial charge in [0.1, 0.15) is 5.75 Å². The topological polar surface area (TPSA) is 68.2 Å². The summed E-state index contributed by atoms with van der Waals surface area (Å²) >= 11 is 0. The van der Waals surface area contributed by atoms with Gasteiger partial charge >= 0.3 is 0 Å². The van der Waals surface area contributed by atoms with Crippen LogP contribution in [0.25, 0.3) is 0 Å². The number of benzene rings is 1. The van der Waals surface area contributed by atoms with Crippen molar-refractivity contribution in [3.63, 3.8) is 0 Å². The summed E-state index contributed by atoms with van der Waals surface area (Å²) in [5, 5.41) is 18.1. The first-order chi connectivity index (χ1) is 9.31. The second-order valence-corrected chi connectivity index (χ2v) is 4.12. The summed E-state index contributed by atoms with van der Waals surface area (Å²) in [6.07, 6.45) is 0.552. The van der Waals surface area contributed by atoms with E-state index in [0.717, 1.165) is 5.56 Å². The second-order valence-electron chi connectivity index (χ2n) is 4.12. The fraction of sp³-hybridized carbons (Fsp3) is 0.571. The van der Waals surface area contributed by atoms with Crippen molar-refractivity contribution in [2.24, 2.45) is 0 Å². The highest BCUT2D eigenvalue weighted by molar-refractivity contribution is 5.29. The normalized spacial score (nSPS) is 12.4. The number of rotatable bonds is 10. The Hall–Kier alpha value is -1.14. The van der Waals surface area contributed by atoms with Gasteiger partial charge in [0.2, 0.25) is 0 Å². The highest BCUT2D eigenvalue weighted by atomic mass is 16.7. The van der Waals surface area contributed by atoms with Crippen LogP contribution in [0.2, 0.25) is 0 Å². The Morgan fingerprint density at radius 3 is 2.42 bits per heavy atom. The zero-order valence-corrected chi connectivity index (χ0v) is 11.2. The number of aliphatic hydroxyl groups is 2. The lowest BCUT2D eigenvalue weighted by Crippen LogP contribution is -2.08. The van der Waals surface area contributed by atoms with Crippen LogP contribution in [0.4, 0.5) is 0 Å². The molecule has 2 N–H and O–H groups in total. The molecule has 0 bridgehead atoms. The highest BCUT2D eigenvalue weighted by Gasteiger charge is 2.09. The number of hydrogen-bond acceptors (Lipinski definition) is 5. The van der Waals surface area contributed by atoms with Crippen LogP contribution in [-0.2, 0) is 9.47 Å². The summed E-state index contributed by atoms with van der Waals surface area (Å²) in [5.74, 6) is 0.679. The van der Waals surface area contributed by atoms with Crippen LogP contribution >= 0.6 is 0 Å². The number of ether oxygens (including phenoxy) is 3. The summed E-state index contributed by atoms with van der Waals surface area (Å²) in [4.78, 5) is 0. The van der Waals surface area contributed by atoms with Crippen molar-refractivity contribution in [2.45, 2.75) is 12.3 Å². The van der Waals surface area contributed by atoms with E-state index in [0.29, 0.717) is 25.4 Å². The Bertz CT molecular complexity index is 325. The van der Waals surface area contributed by atoms with Crippen LogP contribution in [0.3, 0.4) is 0 Å². The van der Waals surface area contributed by atoms with Gasteiger partial charge in [-0.05, 0) is 24.1 Å². The SMILES string of the molecule is COCCOCOc1ccc(C(CO)CCO)cc1. The first-order valence-corrected chi connectivity index (χ1v) is 6.33. The first-order valence-electron chi connectivity index (χ1n) is 6.33. The maximum absolute atomic E-state index is 9.23. The summed E-state index contributed by atoms with van der Waals surface area (Å²) in [5.41, 5.74) is 0.990. The van der Waals surface area contributed by atoms with Gasteiger partial charge in [-0.3, -0.25) is 0 Å². The average Bonchev–Trinajstić information content (AvgIpc) is 2.45. The molecule has 0 radical (unpaired) electrons. The van der Waals surface area contributed by atoms with E-state index in [1.807, 2.05) is 24.3 Å². The molecule has 0 aliphatic rings. The molecule has 1 unspecified atom stereocenters. The number of hydrogen-bond donors (Lipinski definition) is 2. The predicted molar refractivity (Wildman–Crippen MR) is 71.3 cm³/mol. The van der Waals surface area contributed by atoms with Crippen LogP contribution in [0.5, 0.6) is 5.75 Å². The van der Waals surface area contributed by atoms with Gasteiger partial charge < -0.3 is 24.4 Å². The van der Waals surface area contributed by atoms with Crippen LogP contribution in [0.15, 0.2) is 24.3 Å². The van der Waals surface area contributed by atoms with Gasteiger partial charge in [-0.15, -0.1) is 0 Å². The van der Waals surface area contributed by atoms with Gasteiger partial charge in [0.15, 0.2) is 6.79 Å². The van der Waals surface area contributed by atoms with Gasteiger partial charge in [0.25, 0.3) is 0 Å². The van der Waals surface area contributed by atoms with Crippen molar-refractivity contribution in [3.05, 3.63) is 29.8 Å². The van der Waals surface area contributed by atoms with Gasteiger partial charge in [0, 0.05) is 19.6 Å². The minimum Gasteiger partial charge on any atom is -0.468 e. The molecule has 0 saturated carbocycles. The minimum absolute atomic E-state index is 0.0287. The maximum Gasteiger partial charge on any atom is 0.189 e. The van der Waals surface area contributed by atoms with E-state index in [1.165, 1.54) is 0 Å². The molecule has 0 spiro atoms. The Morgan fingerprint density at radius 2 is 1.84 bits per heavy atom. The van der Waals surface area contributed by atoms with Crippen molar-refractivity contribution in [1.29, 1.82) is 0 Å². The van der Waals surface area contributed by atoms with Crippen molar-refractivity contribution >= 4 is 0 Å². The van der Waals surface area contributed by atoms with E-state index in [4.69, 9.17) is 19.3 Å². The van der Waals surface area contributed by atoms with E-state index in [2.05, 4.69) is 0 Å². The quantitative estimate of drug-likeness (QED) is 0.493. The molecule has 0 amide bonds. The zero-order chi connectivity index (χ0) is 13.9. The molecule has 0 aliphatic carbocycles. The zero-order valence-electron chi connectivity index (χ0n) is 11.2. The molecule has 0 fully saturated rings. The molecule has 1 aromatic rings. The first kappa shape index (κ1) is 15.9. The van der Waals surface area contributed by atoms with Crippen molar-refractivity contribution in [1.82, 2.24) is 0 Å². The molecule has 1 aromatic carbocycles. The molecule has 0 heterocycles. The lowest BCUT2D eigenvalue weighted by atomic mass is 9.97. The molecule has 108 valence electrons. The molecule has 0 aliphatic heterocycles. The lowest BCUT2D eigenvalue weighted by molar-refractivity contribution is -0.00848. The van der Waals surface area contributed by atoms with Gasteiger partial charge in [-0.2, -0.15) is 0 Å². The van der Waals surface area contributed by atoms with Crippen molar-refractivity contribution < 1.29 is 24.4 Å². The third-order valence-electron chi connectivity index (χ3n) is 2.79. The third-order valence-corrected chi connectivity index (χ3v) is 2.79. The number of aliphatic hydroxyl groups excluding tert-OH is 2. The van der Waals surface area contributed by atoms with Gasteiger partial charge in [-0.25, -0.2) is 0 Å². The molecular formula is C14H22O5. The fourth-order valence-electron chi connectivity index (χ4n) is 1.67. The Kier molecular flexibility index (Phi) is 8.16.